The lowest BCUT2D eigenvalue weighted by molar-refractivity contribution is -0.137. The third-order valence-corrected chi connectivity index (χ3v) is 3.83. The van der Waals surface area contributed by atoms with Crippen molar-refractivity contribution >= 4 is 5.91 Å². The van der Waals surface area contributed by atoms with Crippen LogP contribution in [0.5, 0.6) is 0 Å². The van der Waals surface area contributed by atoms with Gasteiger partial charge in [-0.25, -0.2) is 0 Å². The number of amides is 1. The Bertz CT molecular complexity index is 739. The predicted molar refractivity (Wildman–Crippen MR) is 75.7 cm³/mol. The molecule has 122 valence electrons. The minimum Gasteiger partial charge on any atom is -0.342 e. The average molecular weight is 324 g/mol. The Morgan fingerprint density at radius 1 is 1.35 bits per heavy atom. The Morgan fingerprint density at radius 3 is 2.87 bits per heavy atom. The summed E-state index contributed by atoms with van der Waals surface area (Å²) in [6, 6.07) is 3.92. The molecule has 0 spiro atoms. The fourth-order valence-corrected chi connectivity index (χ4v) is 2.67. The number of hydrogen-bond acceptors (Lipinski definition) is 3. The summed E-state index contributed by atoms with van der Waals surface area (Å²) >= 11 is 0. The number of hydrogen-bond donors (Lipinski definition) is 1. The van der Waals surface area contributed by atoms with Crippen molar-refractivity contribution in [2.45, 2.75) is 38.5 Å². The molecule has 1 amide bonds. The molecule has 1 aliphatic heterocycles. The van der Waals surface area contributed by atoms with E-state index in [-0.39, 0.29) is 5.56 Å². The first-order valence-electron chi connectivity index (χ1n) is 7.26. The second-order valence-electron chi connectivity index (χ2n) is 5.50. The Morgan fingerprint density at radius 2 is 2.13 bits per heavy atom. The minimum absolute atomic E-state index is 0.0344. The zero-order valence-corrected chi connectivity index (χ0v) is 12.4. The van der Waals surface area contributed by atoms with Crippen molar-refractivity contribution in [3.63, 3.8) is 0 Å². The van der Waals surface area contributed by atoms with E-state index < -0.39 is 23.7 Å². The molecule has 1 atom stereocenters. The van der Waals surface area contributed by atoms with Gasteiger partial charge in [0.25, 0.3) is 5.91 Å². The number of benzene rings is 1. The maximum Gasteiger partial charge on any atom is 0.416 e. The first-order valence-corrected chi connectivity index (χ1v) is 7.26. The number of aryl methyl sites for hydroxylation is 1. The molecular formula is C15H15F3N4O. The molecule has 1 aromatic carbocycles. The van der Waals surface area contributed by atoms with Gasteiger partial charge in [-0.1, -0.05) is 6.07 Å². The van der Waals surface area contributed by atoms with Gasteiger partial charge in [0.15, 0.2) is 5.82 Å². The van der Waals surface area contributed by atoms with E-state index in [4.69, 9.17) is 0 Å². The molecule has 0 saturated heterocycles. The van der Waals surface area contributed by atoms with Gasteiger partial charge in [-0.05, 0) is 31.5 Å². The molecular weight excluding hydrogens is 309 g/mol. The van der Waals surface area contributed by atoms with Gasteiger partial charge in [0.2, 0.25) is 0 Å². The molecule has 1 aliphatic rings. The van der Waals surface area contributed by atoms with E-state index in [1.807, 2.05) is 4.57 Å². The summed E-state index contributed by atoms with van der Waals surface area (Å²) in [5, 5.41) is 10.8. The van der Waals surface area contributed by atoms with E-state index in [0.717, 1.165) is 37.3 Å². The number of aromatic nitrogens is 3. The van der Waals surface area contributed by atoms with Gasteiger partial charge in [0, 0.05) is 18.5 Å². The minimum atomic E-state index is -4.48. The topological polar surface area (TPSA) is 59.8 Å². The number of alkyl halides is 3. The summed E-state index contributed by atoms with van der Waals surface area (Å²) in [7, 11) is 0. The van der Waals surface area contributed by atoms with Crippen LogP contribution >= 0.6 is 0 Å². The molecule has 2 aromatic rings. The average Bonchev–Trinajstić information content (AvgIpc) is 3.09. The number of halogens is 3. The number of nitrogens with zero attached hydrogens (tertiary/aromatic N) is 3. The summed E-state index contributed by atoms with van der Waals surface area (Å²) in [6.07, 6.45) is -2.65. The molecule has 0 aliphatic carbocycles. The molecule has 8 heteroatoms. The third kappa shape index (κ3) is 3.06. The third-order valence-electron chi connectivity index (χ3n) is 3.83. The summed E-state index contributed by atoms with van der Waals surface area (Å²) in [5.41, 5.74) is -0.881. The van der Waals surface area contributed by atoms with Crippen LogP contribution in [0.1, 0.15) is 47.0 Å². The molecule has 0 unspecified atom stereocenters. The largest absolute Gasteiger partial charge is 0.416 e. The zero-order valence-electron chi connectivity index (χ0n) is 12.4. The van der Waals surface area contributed by atoms with Gasteiger partial charge in [0.05, 0.1) is 11.6 Å². The number of carbonyl (C=O) groups excluding carboxylic acids is 1. The summed E-state index contributed by atoms with van der Waals surface area (Å²) in [5.74, 6) is 0.928. The second-order valence-corrected chi connectivity index (χ2v) is 5.50. The van der Waals surface area contributed by atoms with Crippen LogP contribution in [0, 0.1) is 0 Å². The number of nitrogens with one attached hydrogen (secondary N) is 1. The highest BCUT2D eigenvalue weighted by atomic mass is 19.4. The molecule has 0 radical (unpaired) electrons. The normalized spacial score (nSPS) is 15.3. The van der Waals surface area contributed by atoms with Crippen molar-refractivity contribution in [2.75, 3.05) is 0 Å². The highest BCUT2D eigenvalue weighted by Crippen LogP contribution is 2.29. The van der Waals surface area contributed by atoms with Gasteiger partial charge in [-0.3, -0.25) is 4.79 Å². The quantitative estimate of drug-likeness (QED) is 0.944. The maximum absolute atomic E-state index is 12.7. The van der Waals surface area contributed by atoms with E-state index in [1.54, 1.807) is 6.92 Å². The van der Waals surface area contributed by atoms with Crippen molar-refractivity contribution in [3.8, 4) is 0 Å². The van der Waals surface area contributed by atoms with Crippen molar-refractivity contribution in [2.24, 2.45) is 0 Å². The van der Waals surface area contributed by atoms with Gasteiger partial charge in [-0.15, -0.1) is 10.2 Å². The monoisotopic (exact) mass is 324 g/mol. The molecule has 5 nitrogen and oxygen atoms in total. The van der Waals surface area contributed by atoms with Crippen LogP contribution in [0.4, 0.5) is 13.2 Å². The Kier molecular flexibility index (Phi) is 3.83. The van der Waals surface area contributed by atoms with Gasteiger partial charge >= 0.3 is 6.18 Å². The SMILES string of the molecule is C[C@@H](NC(=O)c1cccc(C(F)(F)F)c1)c1nnc2n1CCC2. The van der Waals surface area contributed by atoms with Crippen molar-refractivity contribution in [3.05, 3.63) is 47.0 Å². The van der Waals surface area contributed by atoms with Gasteiger partial charge < -0.3 is 9.88 Å². The van der Waals surface area contributed by atoms with E-state index in [1.165, 1.54) is 12.1 Å². The Labute approximate surface area is 130 Å². The lowest BCUT2D eigenvalue weighted by Crippen LogP contribution is -2.29. The number of rotatable bonds is 3. The van der Waals surface area contributed by atoms with Crippen molar-refractivity contribution < 1.29 is 18.0 Å². The summed E-state index contributed by atoms with van der Waals surface area (Å²) < 4.78 is 40.1. The van der Waals surface area contributed by atoms with E-state index >= 15 is 0 Å². The van der Waals surface area contributed by atoms with Crippen LogP contribution in [0.15, 0.2) is 24.3 Å². The molecule has 23 heavy (non-hydrogen) atoms. The van der Waals surface area contributed by atoms with E-state index in [9.17, 15) is 18.0 Å². The van der Waals surface area contributed by atoms with Crippen molar-refractivity contribution in [1.29, 1.82) is 0 Å². The summed E-state index contributed by atoms with van der Waals surface area (Å²) in [6.45, 7) is 2.53. The zero-order chi connectivity index (χ0) is 16.6. The first kappa shape index (κ1) is 15.5. The molecule has 2 heterocycles. The molecule has 0 fully saturated rings. The van der Waals surface area contributed by atoms with E-state index in [2.05, 4.69) is 15.5 Å². The van der Waals surface area contributed by atoms with Crippen LogP contribution in [-0.2, 0) is 19.1 Å². The molecule has 0 saturated carbocycles. The fourth-order valence-electron chi connectivity index (χ4n) is 2.67. The number of fused-ring (bicyclic) bond motifs is 1. The van der Waals surface area contributed by atoms with Crippen LogP contribution < -0.4 is 5.32 Å². The van der Waals surface area contributed by atoms with E-state index in [0.29, 0.717) is 5.82 Å². The van der Waals surface area contributed by atoms with Crippen LogP contribution in [0.2, 0.25) is 0 Å². The Hall–Kier alpha value is -2.38. The van der Waals surface area contributed by atoms with Crippen LogP contribution in [-0.4, -0.2) is 20.7 Å². The molecule has 1 N–H and O–H groups in total. The summed E-state index contributed by atoms with van der Waals surface area (Å²) in [4.78, 5) is 12.2. The Balaban J connectivity index is 1.76. The lowest BCUT2D eigenvalue weighted by Gasteiger charge is -2.14. The predicted octanol–water partition coefficient (Wildman–Crippen LogP) is 2.73. The first-order chi connectivity index (χ1) is 10.9. The second kappa shape index (κ2) is 5.68. The van der Waals surface area contributed by atoms with Crippen LogP contribution in [0.25, 0.3) is 0 Å². The van der Waals surface area contributed by atoms with Gasteiger partial charge in [0.1, 0.15) is 5.82 Å². The number of carbonyl (C=O) groups is 1. The maximum atomic E-state index is 12.7. The standard InChI is InChI=1S/C15H15F3N4O/c1-9(13-21-20-12-6-3-7-22(12)13)19-14(23)10-4-2-5-11(8-10)15(16,17)18/h2,4-5,8-9H,3,6-7H2,1H3,(H,19,23)/t9-/m1/s1. The van der Waals surface area contributed by atoms with Crippen molar-refractivity contribution in [1.82, 2.24) is 20.1 Å². The molecule has 1 aromatic heterocycles. The van der Waals surface area contributed by atoms with Crippen LogP contribution in [0.3, 0.4) is 0 Å². The fraction of sp³-hybridized carbons (Fsp3) is 0.400. The molecule has 0 bridgehead atoms. The molecule has 3 rings (SSSR count). The van der Waals surface area contributed by atoms with Gasteiger partial charge in [-0.2, -0.15) is 13.2 Å². The lowest BCUT2D eigenvalue weighted by atomic mass is 10.1. The highest BCUT2D eigenvalue weighted by Gasteiger charge is 2.31. The smallest absolute Gasteiger partial charge is 0.342 e. The highest BCUT2D eigenvalue weighted by molar-refractivity contribution is 5.94.